The first kappa shape index (κ1) is 18.7. The van der Waals surface area contributed by atoms with Crippen molar-refractivity contribution in [3.8, 4) is 5.75 Å². The zero-order valence-corrected chi connectivity index (χ0v) is 14.4. The number of nitrogens with zero attached hydrogens (tertiary/aromatic N) is 1. The van der Waals surface area contributed by atoms with Crippen LogP contribution in [-0.2, 0) is 11.3 Å². The Kier molecular flexibility index (Phi) is 6.71. The second kappa shape index (κ2) is 8.99. The van der Waals surface area contributed by atoms with Gasteiger partial charge in [-0.25, -0.2) is 4.39 Å². The van der Waals surface area contributed by atoms with E-state index >= 15 is 0 Å². The number of rotatable bonds is 7. The zero-order valence-electron chi connectivity index (χ0n) is 14.4. The molecule has 5 heteroatoms. The molecule has 2 rings (SSSR count). The fourth-order valence-electron chi connectivity index (χ4n) is 2.50. The van der Waals surface area contributed by atoms with E-state index in [0.717, 1.165) is 16.7 Å². The van der Waals surface area contributed by atoms with Crippen LogP contribution in [0.15, 0.2) is 54.6 Å². The molecule has 0 atom stereocenters. The molecule has 2 aromatic rings. The topological polar surface area (TPSA) is 49.8 Å². The third-order valence-electron chi connectivity index (χ3n) is 3.87. The standard InChI is InChI=1S/C20H22FNO3/c1-15(16-7-9-18(21)10-8-16)13-20(24)22(11-12-23)14-17-5-3-4-6-19(17)25-2/h3-10,13,23H,11-12,14H2,1-2H3/b15-13-. The van der Waals surface area contributed by atoms with E-state index in [1.807, 2.05) is 24.3 Å². The van der Waals surface area contributed by atoms with E-state index in [9.17, 15) is 14.3 Å². The highest BCUT2D eigenvalue weighted by molar-refractivity contribution is 5.94. The van der Waals surface area contributed by atoms with Crippen LogP contribution in [0.4, 0.5) is 4.39 Å². The molecule has 0 aliphatic carbocycles. The third kappa shape index (κ3) is 5.16. The van der Waals surface area contributed by atoms with Gasteiger partial charge in [-0.3, -0.25) is 4.79 Å². The lowest BCUT2D eigenvalue weighted by molar-refractivity contribution is -0.127. The van der Waals surface area contributed by atoms with Gasteiger partial charge in [0.1, 0.15) is 11.6 Å². The van der Waals surface area contributed by atoms with Crippen LogP contribution in [0, 0.1) is 5.82 Å². The van der Waals surface area contributed by atoms with Crippen LogP contribution < -0.4 is 4.74 Å². The number of carbonyl (C=O) groups excluding carboxylic acids is 1. The Labute approximate surface area is 147 Å². The Bertz CT molecular complexity index is 741. The number of methoxy groups -OCH3 is 1. The number of benzene rings is 2. The molecule has 25 heavy (non-hydrogen) atoms. The quantitative estimate of drug-likeness (QED) is 0.785. The second-order valence-corrected chi connectivity index (χ2v) is 5.63. The molecule has 2 aromatic carbocycles. The molecule has 0 aromatic heterocycles. The summed E-state index contributed by atoms with van der Waals surface area (Å²) < 4.78 is 18.3. The normalized spacial score (nSPS) is 11.3. The summed E-state index contributed by atoms with van der Waals surface area (Å²) in [5.41, 5.74) is 2.36. The molecule has 0 saturated heterocycles. The van der Waals surface area contributed by atoms with Gasteiger partial charge < -0.3 is 14.7 Å². The fraction of sp³-hybridized carbons (Fsp3) is 0.250. The van der Waals surface area contributed by atoms with Crippen LogP contribution in [0.25, 0.3) is 5.57 Å². The summed E-state index contributed by atoms with van der Waals surface area (Å²) in [6, 6.07) is 13.4. The average Bonchev–Trinajstić information content (AvgIpc) is 2.62. The molecule has 1 amide bonds. The van der Waals surface area contributed by atoms with Crippen molar-refractivity contribution >= 4 is 11.5 Å². The predicted octanol–water partition coefficient (Wildman–Crippen LogP) is 3.26. The van der Waals surface area contributed by atoms with Gasteiger partial charge in [-0.2, -0.15) is 0 Å². The van der Waals surface area contributed by atoms with Crippen LogP contribution in [0.1, 0.15) is 18.1 Å². The lowest BCUT2D eigenvalue weighted by Gasteiger charge is -2.22. The maximum atomic E-state index is 13.0. The number of para-hydroxylation sites is 1. The monoisotopic (exact) mass is 343 g/mol. The summed E-state index contributed by atoms with van der Waals surface area (Å²) in [5.74, 6) is 0.153. The Hall–Kier alpha value is -2.66. The van der Waals surface area contributed by atoms with Gasteiger partial charge in [0.15, 0.2) is 0 Å². The van der Waals surface area contributed by atoms with Crippen LogP contribution in [0.5, 0.6) is 5.75 Å². The predicted molar refractivity (Wildman–Crippen MR) is 95.5 cm³/mol. The number of aliphatic hydroxyl groups is 1. The molecule has 0 aliphatic rings. The summed E-state index contributed by atoms with van der Waals surface area (Å²) in [4.78, 5) is 14.2. The highest BCUT2D eigenvalue weighted by Crippen LogP contribution is 2.20. The van der Waals surface area contributed by atoms with E-state index in [1.165, 1.54) is 18.2 Å². The molecular formula is C20H22FNO3. The Morgan fingerprint density at radius 2 is 1.88 bits per heavy atom. The van der Waals surface area contributed by atoms with E-state index in [0.29, 0.717) is 12.3 Å². The highest BCUT2D eigenvalue weighted by Gasteiger charge is 2.14. The van der Waals surface area contributed by atoms with Crippen molar-refractivity contribution in [1.82, 2.24) is 4.90 Å². The number of carbonyl (C=O) groups is 1. The molecule has 0 spiro atoms. The van der Waals surface area contributed by atoms with E-state index in [-0.39, 0.29) is 24.9 Å². The second-order valence-electron chi connectivity index (χ2n) is 5.63. The minimum atomic E-state index is -0.319. The SMILES string of the molecule is COc1ccccc1CN(CCO)C(=O)/C=C(/C)c1ccc(F)cc1. The molecule has 0 radical (unpaired) electrons. The first-order chi connectivity index (χ1) is 12.0. The lowest BCUT2D eigenvalue weighted by atomic mass is 10.1. The molecule has 1 N–H and O–H groups in total. The average molecular weight is 343 g/mol. The minimum Gasteiger partial charge on any atom is -0.496 e. The number of amides is 1. The van der Waals surface area contributed by atoms with Crippen LogP contribution >= 0.6 is 0 Å². The molecular weight excluding hydrogens is 321 g/mol. The molecule has 132 valence electrons. The van der Waals surface area contributed by atoms with Crippen molar-refractivity contribution < 1.29 is 19.0 Å². The van der Waals surface area contributed by atoms with Crippen molar-refractivity contribution in [2.24, 2.45) is 0 Å². The van der Waals surface area contributed by atoms with Gasteiger partial charge in [0.25, 0.3) is 0 Å². The first-order valence-corrected chi connectivity index (χ1v) is 8.01. The summed E-state index contributed by atoms with van der Waals surface area (Å²) in [6.07, 6.45) is 1.50. The van der Waals surface area contributed by atoms with E-state index in [4.69, 9.17) is 4.74 Å². The van der Waals surface area contributed by atoms with Crippen LogP contribution in [0.3, 0.4) is 0 Å². The van der Waals surface area contributed by atoms with Gasteiger partial charge in [0, 0.05) is 24.7 Å². The smallest absolute Gasteiger partial charge is 0.247 e. The largest absolute Gasteiger partial charge is 0.496 e. The van der Waals surface area contributed by atoms with Crippen molar-refractivity contribution in [3.63, 3.8) is 0 Å². The number of halogens is 1. The summed E-state index contributed by atoms with van der Waals surface area (Å²) in [5, 5.41) is 9.28. The zero-order chi connectivity index (χ0) is 18.2. The molecule has 0 unspecified atom stereocenters. The molecule has 0 saturated carbocycles. The first-order valence-electron chi connectivity index (χ1n) is 8.01. The molecule has 0 fully saturated rings. The Balaban J connectivity index is 2.19. The number of hydrogen-bond acceptors (Lipinski definition) is 3. The van der Waals surface area contributed by atoms with Crippen molar-refractivity contribution in [3.05, 3.63) is 71.6 Å². The summed E-state index contributed by atoms with van der Waals surface area (Å²) in [7, 11) is 1.58. The maximum Gasteiger partial charge on any atom is 0.247 e. The van der Waals surface area contributed by atoms with Gasteiger partial charge in [-0.15, -0.1) is 0 Å². The van der Waals surface area contributed by atoms with Crippen molar-refractivity contribution in [2.75, 3.05) is 20.3 Å². The van der Waals surface area contributed by atoms with Crippen molar-refractivity contribution in [2.45, 2.75) is 13.5 Å². The molecule has 0 aliphatic heterocycles. The molecule has 0 heterocycles. The fourth-order valence-corrected chi connectivity index (χ4v) is 2.50. The van der Waals surface area contributed by atoms with Crippen molar-refractivity contribution in [1.29, 1.82) is 0 Å². The Morgan fingerprint density at radius 1 is 1.20 bits per heavy atom. The summed E-state index contributed by atoms with van der Waals surface area (Å²) in [6.45, 7) is 2.20. The highest BCUT2D eigenvalue weighted by atomic mass is 19.1. The summed E-state index contributed by atoms with van der Waals surface area (Å²) >= 11 is 0. The maximum absolute atomic E-state index is 13.0. The number of allylic oxidation sites excluding steroid dienone is 1. The van der Waals surface area contributed by atoms with Gasteiger partial charge in [-0.05, 0) is 36.3 Å². The minimum absolute atomic E-state index is 0.135. The number of hydrogen-bond donors (Lipinski definition) is 1. The number of aliphatic hydroxyl groups excluding tert-OH is 1. The third-order valence-corrected chi connectivity index (χ3v) is 3.87. The number of ether oxygens (including phenoxy) is 1. The lowest BCUT2D eigenvalue weighted by Crippen LogP contribution is -2.32. The van der Waals surface area contributed by atoms with Crippen LogP contribution in [0.2, 0.25) is 0 Å². The van der Waals surface area contributed by atoms with E-state index < -0.39 is 0 Å². The van der Waals surface area contributed by atoms with Gasteiger partial charge in [-0.1, -0.05) is 30.3 Å². The van der Waals surface area contributed by atoms with E-state index in [2.05, 4.69) is 0 Å². The van der Waals surface area contributed by atoms with Crippen LogP contribution in [-0.4, -0.2) is 36.2 Å². The molecule has 0 bridgehead atoms. The van der Waals surface area contributed by atoms with Gasteiger partial charge in [0.2, 0.25) is 5.91 Å². The van der Waals surface area contributed by atoms with E-state index in [1.54, 1.807) is 31.1 Å². The van der Waals surface area contributed by atoms with Gasteiger partial charge in [0.05, 0.1) is 13.7 Å². The van der Waals surface area contributed by atoms with Gasteiger partial charge >= 0.3 is 0 Å². The Morgan fingerprint density at radius 3 is 2.52 bits per heavy atom. The molecule has 4 nitrogen and oxygen atoms in total.